The van der Waals surface area contributed by atoms with Crippen LogP contribution >= 0.6 is 0 Å². The summed E-state index contributed by atoms with van der Waals surface area (Å²) in [5.41, 5.74) is -0.126. The van der Waals surface area contributed by atoms with E-state index in [2.05, 4.69) is 18.7 Å². The normalized spacial score (nSPS) is 17.1. The number of benzene rings is 1. The summed E-state index contributed by atoms with van der Waals surface area (Å²) < 4.78 is 5.06. The van der Waals surface area contributed by atoms with Crippen LogP contribution < -0.4 is 0 Å². The van der Waals surface area contributed by atoms with Gasteiger partial charge in [0.2, 0.25) is 5.91 Å². The number of rotatable bonds is 7. The van der Waals surface area contributed by atoms with Gasteiger partial charge >= 0.3 is 5.97 Å². The summed E-state index contributed by atoms with van der Waals surface area (Å²) in [4.78, 5) is 33.1. The van der Waals surface area contributed by atoms with Crippen LogP contribution in [0.4, 0.5) is 0 Å². The van der Waals surface area contributed by atoms with Crippen molar-refractivity contribution in [1.29, 1.82) is 0 Å². The maximum Gasteiger partial charge on any atom is 0.334 e. The number of carbonyl (C=O) groups excluding carboxylic acids is 2. The predicted octanol–water partition coefficient (Wildman–Crippen LogP) is 2.63. The number of hydroxylamine groups is 2. The topological polar surface area (TPSA) is 59.1 Å². The highest BCUT2D eigenvalue weighted by Gasteiger charge is 2.50. The van der Waals surface area contributed by atoms with E-state index in [0.717, 1.165) is 25.2 Å². The van der Waals surface area contributed by atoms with Crippen molar-refractivity contribution in [1.82, 2.24) is 9.96 Å². The van der Waals surface area contributed by atoms with Crippen molar-refractivity contribution >= 4 is 11.9 Å². The first kappa shape index (κ1) is 20.4. The van der Waals surface area contributed by atoms with Crippen LogP contribution in [0.3, 0.4) is 0 Å². The molecule has 1 amide bonds. The van der Waals surface area contributed by atoms with Crippen LogP contribution in [0.15, 0.2) is 30.3 Å². The summed E-state index contributed by atoms with van der Waals surface area (Å²) in [6, 6.07) is 9.60. The van der Waals surface area contributed by atoms with Gasteiger partial charge in [0, 0.05) is 26.6 Å². The molecule has 0 atom stereocenters. The minimum atomic E-state index is -1.07. The fourth-order valence-electron chi connectivity index (χ4n) is 3.53. The molecule has 0 radical (unpaired) electrons. The van der Waals surface area contributed by atoms with Gasteiger partial charge in [-0.15, -0.1) is 0 Å². The Morgan fingerprint density at radius 2 is 1.81 bits per heavy atom. The molecule has 0 saturated carbocycles. The molecule has 1 aliphatic rings. The Morgan fingerprint density at radius 3 is 2.31 bits per heavy atom. The second-order valence-corrected chi connectivity index (χ2v) is 7.29. The first-order valence-corrected chi connectivity index (χ1v) is 9.17. The summed E-state index contributed by atoms with van der Waals surface area (Å²) in [5, 5.41) is 1.25. The van der Waals surface area contributed by atoms with E-state index in [1.165, 1.54) is 19.1 Å². The van der Waals surface area contributed by atoms with Gasteiger partial charge in [0.15, 0.2) is 5.54 Å². The summed E-state index contributed by atoms with van der Waals surface area (Å²) in [6.45, 7) is 8.44. The third-order valence-corrected chi connectivity index (χ3v) is 4.75. The van der Waals surface area contributed by atoms with Crippen molar-refractivity contribution in [2.75, 3.05) is 26.7 Å². The van der Waals surface area contributed by atoms with Gasteiger partial charge in [-0.1, -0.05) is 44.2 Å². The minimum Gasteiger partial charge on any atom is -0.467 e. The smallest absolute Gasteiger partial charge is 0.334 e. The lowest BCUT2D eigenvalue weighted by atomic mass is 9.86. The molecule has 2 rings (SSSR count). The molecule has 1 aromatic carbocycles. The molecule has 1 heterocycles. The predicted molar refractivity (Wildman–Crippen MR) is 99.0 cm³/mol. The van der Waals surface area contributed by atoms with E-state index >= 15 is 0 Å². The Bertz CT molecular complexity index is 595. The van der Waals surface area contributed by atoms with Crippen LogP contribution in [0.5, 0.6) is 0 Å². The number of amides is 1. The van der Waals surface area contributed by atoms with Crippen molar-refractivity contribution in [2.45, 2.75) is 45.8 Å². The van der Waals surface area contributed by atoms with Crippen LogP contribution in [0.25, 0.3) is 0 Å². The first-order chi connectivity index (χ1) is 12.4. The molecule has 1 aromatic rings. The van der Waals surface area contributed by atoms with Crippen LogP contribution in [0.2, 0.25) is 0 Å². The van der Waals surface area contributed by atoms with E-state index in [1.807, 2.05) is 30.3 Å². The molecule has 1 aliphatic heterocycles. The average Bonchev–Trinajstić information content (AvgIpc) is 2.62. The monoisotopic (exact) mass is 362 g/mol. The maximum atomic E-state index is 12.7. The van der Waals surface area contributed by atoms with E-state index < -0.39 is 11.5 Å². The highest BCUT2D eigenvalue weighted by Crippen LogP contribution is 2.32. The van der Waals surface area contributed by atoms with E-state index in [4.69, 9.17) is 9.57 Å². The van der Waals surface area contributed by atoms with Crippen molar-refractivity contribution in [3.8, 4) is 0 Å². The van der Waals surface area contributed by atoms with Crippen molar-refractivity contribution in [3.63, 3.8) is 0 Å². The van der Waals surface area contributed by atoms with Crippen molar-refractivity contribution < 1.29 is 19.2 Å². The second kappa shape index (κ2) is 9.14. The molecule has 0 N–H and O–H groups in total. The molecular formula is C20H30N2O4. The number of hydrogen-bond donors (Lipinski definition) is 0. The third kappa shape index (κ3) is 4.83. The molecule has 0 spiro atoms. The van der Waals surface area contributed by atoms with Gasteiger partial charge in [0.05, 0.1) is 7.11 Å². The molecule has 6 nitrogen and oxygen atoms in total. The molecular weight excluding hydrogens is 332 g/mol. The molecule has 1 saturated heterocycles. The summed E-state index contributed by atoms with van der Waals surface area (Å²) in [7, 11) is 1.36. The van der Waals surface area contributed by atoms with Gasteiger partial charge in [-0.3, -0.25) is 9.63 Å². The largest absolute Gasteiger partial charge is 0.467 e. The van der Waals surface area contributed by atoms with Crippen LogP contribution in [0, 0.1) is 5.92 Å². The Kier molecular flexibility index (Phi) is 7.17. The Labute approximate surface area is 156 Å². The zero-order valence-corrected chi connectivity index (χ0v) is 16.2. The molecule has 6 heteroatoms. The van der Waals surface area contributed by atoms with Gasteiger partial charge in [-0.25, -0.2) is 9.86 Å². The number of likely N-dealkylation sites (tertiary alicyclic amines) is 1. The fraction of sp³-hybridized carbons (Fsp3) is 0.600. The van der Waals surface area contributed by atoms with Gasteiger partial charge in [0.1, 0.15) is 6.61 Å². The van der Waals surface area contributed by atoms with E-state index in [-0.39, 0.29) is 12.5 Å². The number of hydrogen-bond acceptors (Lipinski definition) is 5. The molecule has 1 fully saturated rings. The molecule has 0 aliphatic carbocycles. The highest BCUT2D eigenvalue weighted by molar-refractivity contribution is 5.86. The molecule has 0 unspecified atom stereocenters. The van der Waals surface area contributed by atoms with E-state index in [1.54, 1.807) is 0 Å². The zero-order valence-electron chi connectivity index (χ0n) is 16.2. The van der Waals surface area contributed by atoms with Crippen LogP contribution in [-0.2, 0) is 25.8 Å². The summed E-state index contributed by atoms with van der Waals surface area (Å²) >= 11 is 0. The van der Waals surface area contributed by atoms with E-state index in [0.29, 0.717) is 18.8 Å². The Balaban J connectivity index is 2.16. The number of ether oxygens (including phenoxy) is 1. The maximum absolute atomic E-state index is 12.7. The average molecular weight is 362 g/mol. The molecule has 0 bridgehead atoms. The van der Waals surface area contributed by atoms with Crippen LogP contribution in [-0.4, -0.2) is 54.1 Å². The number of piperidine rings is 1. The van der Waals surface area contributed by atoms with Gasteiger partial charge in [-0.05, 0) is 24.3 Å². The number of esters is 1. The molecule has 26 heavy (non-hydrogen) atoms. The quantitative estimate of drug-likeness (QED) is 0.551. The second-order valence-electron chi connectivity index (χ2n) is 7.29. The summed E-state index contributed by atoms with van der Waals surface area (Å²) in [5.74, 6) is -0.146. The SMILES string of the molecule is COC(=O)C1(N(OCc2ccccc2)C(C)=O)CCN(CC(C)C)CC1. The number of carbonyl (C=O) groups is 2. The Hall–Kier alpha value is -1.92. The minimum absolute atomic E-state index is 0.231. The lowest BCUT2D eigenvalue weighted by Gasteiger charge is -2.45. The van der Waals surface area contributed by atoms with Gasteiger partial charge in [-0.2, -0.15) is 0 Å². The summed E-state index contributed by atoms with van der Waals surface area (Å²) in [6.07, 6.45) is 1.00. The highest BCUT2D eigenvalue weighted by atomic mass is 16.7. The van der Waals surface area contributed by atoms with Gasteiger partial charge < -0.3 is 9.64 Å². The lowest BCUT2D eigenvalue weighted by molar-refractivity contribution is -0.240. The van der Waals surface area contributed by atoms with E-state index in [9.17, 15) is 9.59 Å². The first-order valence-electron chi connectivity index (χ1n) is 9.17. The number of nitrogens with zero attached hydrogens (tertiary/aromatic N) is 2. The number of methoxy groups -OCH3 is 1. The lowest BCUT2D eigenvalue weighted by Crippen LogP contribution is -2.61. The van der Waals surface area contributed by atoms with Crippen LogP contribution in [0.1, 0.15) is 39.2 Å². The zero-order chi connectivity index (χ0) is 19.2. The van der Waals surface area contributed by atoms with Crippen molar-refractivity contribution in [3.05, 3.63) is 35.9 Å². The fourth-order valence-corrected chi connectivity index (χ4v) is 3.53. The third-order valence-electron chi connectivity index (χ3n) is 4.75. The molecule has 0 aromatic heterocycles. The van der Waals surface area contributed by atoms with Gasteiger partial charge in [0.25, 0.3) is 0 Å². The Morgan fingerprint density at radius 1 is 1.19 bits per heavy atom. The van der Waals surface area contributed by atoms with Crippen molar-refractivity contribution in [2.24, 2.45) is 5.92 Å². The standard InChI is InChI=1S/C20H30N2O4/c1-16(2)14-21-12-10-20(11-13-21,19(24)25-4)22(17(3)23)26-15-18-8-6-5-7-9-18/h5-9,16H,10-15H2,1-4H3. The molecule has 144 valence electrons.